The molecule has 5 nitrogen and oxygen atoms in total. The summed E-state index contributed by atoms with van der Waals surface area (Å²) in [7, 11) is -3.28. The molecule has 1 amide bonds. The number of sulfone groups is 1. The van der Waals surface area contributed by atoms with Crippen molar-refractivity contribution in [3.8, 4) is 0 Å². The molecule has 1 saturated carbocycles. The highest BCUT2D eigenvalue weighted by atomic mass is 32.2. The van der Waals surface area contributed by atoms with Crippen molar-refractivity contribution in [2.24, 2.45) is 11.7 Å². The van der Waals surface area contributed by atoms with E-state index in [0.717, 1.165) is 31.1 Å². The number of hydrogen-bond donors (Lipinski definition) is 2. The van der Waals surface area contributed by atoms with Gasteiger partial charge in [-0.3, -0.25) is 4.79 Å². The number of hydrogen-bond acceptors (Lipinski definition) is 4. The topological polar surface area (TPSA) is 89.3 Å². The van der Waals surface area contributed by atoms with Crippen LogP contribution < -0.4 is 11.1 Å². The molecule has 1 fully saturated rings. The van der Waals surface area contributed by atoms with Gasteiger partial charge in [0.1, 0.15) is 0 Å². The number of nitrogens with two attached hydrogens (primary N) is 1. The lowest BCUT2D eigenvalue weighted by Gasteiger charge is -2.16. The fraction of sp³-hybridized carbons (Fsp3) is 0.500. The molecule has 20 heavy (non-hydrogen) atoms. The maximum atomic E-state index is 12.2. The number of carbonyl (C=O) groups is 1. The first-order chi connectivity index (χ1) is 9.29. The maximum Gasteiger partial charge on any atom is 0.229 e. The van der Waals surface area contributed by atoms with Gasteiger partial charge < -0.3 is 11.1 Å². The summed E-state index contributed by atoms with van der Waals surface area (Å²) in [6.45, 7) is 1.83. The highest BCUT2D eigenvalue weighted by Gasteiger charge is 2.30. The second kappa shape index (κ2) is 5.54. The second-order valence-electron chi connectivity index (χ2n) is 5.44. The molecule has 2 atom stereocenters. The molecule has 0 aromatic heterocycles. The number of amides is 1. The van der Waals surface area contributed by atoms with Gasteiger partial charge in [0, 0.05) is 18.0 Å². The predicted molar refractivity (Wildman–Crippen MR) is 78.2 cm³/mol. The monoisotopic (exact) mass is 296 g/mol. The van der Waals surface area contributed by atoms with Gasteiger partial charge in [-0.25, -0.2) is 8.42 Å². The summed E-state index contributed by atoms with van der Waals surface area (Å²) in [4.78, 5) is 12.4. The zero-order valence-corrected chi connectivity index (χ0v) is 12.5. The lowest BCUT2D eigenvalue weighted by Crippen LogP contribution is -2.34. The van der Waals surface area contributed by atoms with E-state index in [4.69, 9.17) is 5.73 Å². The molecule has 1 aromatic rings. The standard InChI is InChI=1S/C14H20N2O3S/c1-9-6-7-10(20(2,18)19)8-13(9)16-14(17)11-4-3-5-12(11)15/h6-8,11-12H,3-5,15H2,1-2H3,(H,16,17). The lowest BCUT2D eigenvalue weighted by molar-refractivity contribution is -0.120. The van der Waals surface area contributed by atoms with Crippen molar-refractivity contribution in [3.63, 3.8) is 0 Å². The van der Waals surface area contributed by atoms with Crippen molar-refractivity contribution in [2.75, 3.05) is 11.6 Å². The lowest BCUT2D eigenvalue weighted by atomic mass is 10.0. The van der Waals surface area contributed by atoms with Gasteiger partial charge in [0.25, 0.3) is 0 Å². The molecule has 110 valence electrons. The Morgan fingerprint density at radius 3 is 2.60 bits per heavy atom. The van der Waals surface area contributed by atoms with Gasteiger partial charge in [0.05, 0.1) is 10.8 Å². The van der Waals surface area contributed by atoms with E-state index in [-0.39, 0.29) is 22.8 Å². The minimum atomic E-state index is -3.28. The van der Waals surface area contributed by atoms with E-state index in [1.807, 2.05) is 6.92 Å². The number of nitrogens with one attached hydrogen (secondary N) is 1. The van der Waals surface area contributed by atoms with E-state index in [0.29, 0.717) is 5.69 Å². The molecule has 0 radical (unpaired) electrons. The quantitative estimate of drug-likeness (QED) is 0.883. The second-order valence-corrected chi connectivity index (χ2v) is 7.46. The Hall–Kier alpha value is -1.40. The Morgan fingerprint density at radius 2 is 2.05 bits per heavy atom. The molecule has 1 aromatic carbocycles. The first-order valence-corrected chi connectivity index (χ1v) is 8.55. The molecule has 1 aliphatic rings. The Bertz CT molecular complexity index is 625. The summed E-state index contributed by atoms with van der Waals surface area (Å²) >= 11 is 0. The minimum Gasteiger partial charge on any atom is -0.327 e. The molecule has 0 aliphatic heterocycles. The van der Waals surface area contributed by atoms with E-state index in [1.165, 1.54) is 6.07 Å². The summed E-state index contributed by atoms with van der Waals surface area (Å²) < 4.78 is 23.1. The maximum absolute atomic E-state index is 12.2. The van der Waals surface area contributed by atoms with Gasteiger partial charge in [-0.2, -0.15) is 0 Å². The van der Waals surface area contributed by atoms with E-state index in [9.17, 15) is 13.2 Å². The SMILES string of the molecule is Cc1ccc(S(C)(=O)=O)cc1NC(=O)C1CCCC1N. The van der Waals surface area contributed by atoms with E-state index < -0.39 is 9.84 Å². The van der Waals surface area contributed by atoms with Crippen LogP contribution in [0.1, 0.15) is 24.8 Å². The van der Waals surface area contributed by atoms with Crippen LogP contribution in [0.3, 0.4) is 0 Å². The molecule has 0 saturated heterocycles. The summed E-state index contributed by atoms with van der Waals surface area (Å²) in [6.07, 6.45) is 3.76. The Morgan fingerprint density at radius 1 is 1.35 bits per heavy atom. The first kappa shape index (κ1) is 15.0. The normalized spacial score (nSPS) is 22.8. The number of aryl methyl sites for hydroxylation is 1. The Labute approximate surface area is 119 Å². The Balaban J connectivity index is 2.22. The third kappa shape index (κ3) is 3.19. The Kier molecular flexibility index (Phi) is 4.15. The molecule has 1 aliphatic carbocycles. The summed E-state index contributed by atoms with van der Waals surface area (Å²) in [6, 6.07) is 4.64. The van der Waals surface area contributed by atoms with E-state index >= 15 is 0 Å². The number of benzene rings is 1. The van der Waals surface area contributed by atoms with Gasteiger partial charge in [-0.15, -0.1) is 0 Å². The molecule has 0 spiro atoms. The zero-order valence-electron chi connectivity index (χ0n) is 11.7. The van der Waals surface area contributed by atoms with Gasteiger partial charge in [0.2, 0.25) is 5.91 Å². The van der Waals surface area contributed by atoms with Crippen molar-refractivity contribution in [3.05, 3.63) is 23.8 Å². The fourth-order valence-corrected chi connectivity index (χ4v) is 3.15. The fourth-order valence-electron chi connectivity index (χ4n) is 2.51. The smallest absolute Gasteiger partial charge is 0.229 e. The molecule has 0 bridgehead atoms. The van der Waals surface area contributed by atoms with E-state index in [2.05, 4.69) is 5.32 Å². The number of anilines is 1. The van der Waals surface area contributed by atoms with Crippen LogP contribution in [0, 0.1) is 12.8 Å². The van der Waals surface area contributed by atoms with Crippen LogP contribution in [0.25, 0.3) is 0 Å². The number of rotatable bonds is 3. The summed E-state index contributed by atoms with van der Waals surface area (Å²) in [5.41, 5.74) is 7.28. The van der Waals surface area contributed by atoms with Crippen LogP contribution in [0.5, 0.6) is 0 Å². The minimum absolute atomic E-state index is 0.103. The van der Waals surface area contributed by atoms with Crippen LogP contribution in [0.2, 0.25) is 0 Å². The van der Waals surface area contributed by atoms with Crippen LogP contribution in [-0.2, 0) is 14.6 Å². The van der Waals surface area contributed by atoms with Crippen molar-refractivity contribution < 1.29 is 13.2 Å². The zero-order chi connectivity index (χ0) is 14.9. The van der Waals surface area contributed by atoms with Gasteiger partial charge in [-0.1, -0.05) is 12.5 Å². The number of carbonyl (C=O) groups excluding carboxylic acids is 1. The summed E-state index contributed by atoms with van der Waals surface area (Å²) in [5.74, 6) is -0.306. The highest BCUT2D eigenvalue weighted by molar-refractivity contribution is 7.90. The van der Waals surface area contributed by atoms with Crippen molar-refractivity contribution in [1.82, 2.24) is 0 Å². The third-order valence-corrected chi connectivity index (χ3v) is 4.91. The summed E-state index contributed by atoms with van der Waals surface area (Å²) in [5, 5.41) is 2.81. The molecule has 3 N–H and O–H groups in total. The largest absolute Gasteiger partial charge is 0.327 e. The molecule has 0 heterocycles. The van der Waals surface area contributed by atoms with Crippen LogP contribution in [0.15, 0.2) is 23.1 Å². The molecule has 2 unspecified atom stereocenters. The average molecular weight is 296 g/mol. The van der Waals surface area contributed by atoms with Crippen molar-refractivity contribution >= 4 is 21.4 Å². The molecule has 6 heteroatoms. The average Bonchev–Trinajstić information content (AvgIpc) is 2.77. The van der Waals surface area contributed by atoms with Gasteiger partial charge >= 0.3 is 0 Å². The first-order valence-electron chi connectivity index (χ1n) is 6.66. The van der Waals surface area contributed by atoms with E-state index in [1.54, 1.807) is 12.1 Å². The molecular formula is C14H20N2O3S. The molecular weight excluding hydrogens is 276 g/mol. The predicted octanol–water partition coefficient (Wildman–Crippen LogP) is 1.46. The van der Waals surface area contributed by atoms with Crippen LogP contribution >= 0.6 is 0 Å². The van der Waals surface area contributed by atoms with Crippen LogP contribution in [0.4, 0.5) is 5.69 Å². The van der Waals surface area contributed by atoms with Gasteiger partial charge in [-0.05, 0) is 37.5 Å². The third-order valence-electron chi connectivity index (χ3n) is 3.80. The highest BCUT2D eigenvalue weighted by Crippen LogP contribution is 2.27. The van der Waals surface area contributed by atoms with Crippen molar-refractivity contribution in [2.45, 2.75) is 37.1 Å². The van der Waals surface area contributed by atoms with Crippen LogP contribution in [-0.4, -0.2) is 26.6 Å². The van der Waals surface area contributed by atoms with Gasteiger partial charge in [0.15, 0.2) is 9.84 Å². The molecule has 2 rings (SSSR count). The van der Waals surface area contributed by atoms with Crippen molar-refractivity contribution in [1.29, 1.82) is 0 Å².